The number of fused-ring (bicyclic) bond motifs is 1. The quantitative estimate of drug-likeness (QED) is 0.348. The van der Waals surface area contributed by atoms with Crippen LogP contribution in [0.1, 0.15) is 66.9 Å². The largest absolute Gasteiger partial charge is 0.481 e. The van der Waals surface area contributed by atoms with Gasteiger partial charge in [-0.15, -0.1) is 0 Å². The summed E-state index contributed by atoms with van der Waals surface area (Å²) in [7, 11) is 0. The van der Waals surface area contributed by atoms with E-state index in [1.165, 1.54) is 4.57 Å². The molecule has 1 unspecified atom stereocenters. The van der Waals surface area contributed by atoms with Crippen LogP contribution in [0.3, 0.4) is 0 Å². The molecular weight excluding hydrogens is 508 g/mol. The average Bonchev–Trinajstić information content (AvgIpc) is 3.34. The van der Waals surface area contributed by atoms with Crippen molar-refractivity contribution in [3.63, 3.8) is 0 Å². The first kappa shape index (κ1) is 27.3. The van der Waals surface area contributed by atoms with Crippen LogP contribution >= 0.6 is 11.6 Å². The van der Waals surface area contributed by atoms with Crippen LogP contribution in [0, 0.1) is 6.92 Å². The van der Waals surface area contributed by atoms with Crippen molar-refractivity contribution < 1.29 is 24.2 Å². The number of aryl methyl sites for hydroxylation is 1. The van der Waals surface area contributed by atoms with Crippen LogP contribution < -0.4 is 20.3 Å². The van der Waals surface area contributed by atoms with E-state index >= 15 is 0 Å². The number of benzene rings is 2. The van der Waals surface area contributed by atoms with Crippen LogP contribution in [0.2, 0.25) is 5.02 Å². The van der Waals surface area contributed by atoms with Crippen molar-refractivity contribution in [3.8, 4) is 11.5 Å². The van der Waals surface area contributed by atoms with E-state index in [4.69, 9.17) is 21.1 Å². The molecule has 9 heteroatoms. The average molecular weight is 539 g/mol. The van der Waals surface area contributed by atoms with Crippen LogP contribution in [0.4, 0.5) is 0 Å². The molecule has 3 aromatic rings. The van der Waals surface area contributed by atoms with Gasteiger partial charge in [0.25, 0.3) is 5.56 Å². The van der Waals surface area contributed by atoms with E-state index in [1.807, 2.05) is 38.1 Å². The molecule has 0 radical (unpaired) electrons. The second kappa shape index (κ2) is 12.2. The number of hydrogen-bond donors (Lipinski definition) is 2. The van der Waals surface area contributed by atoms with Crippen molar-refractivity contribution in [2.24, 2.45) is 0 Å². The molecule has 0 spiro atoms. The summed E-state index contributed by atoms with van der Waals surface area (Å²) < 4.78 is 12.3. The number of nitrogens with one attached hydrogen (secondary N) is 1. The topological polar surface area (TPSA) is 107 Å². The lowest BCUT2D eigenvalue weighted by Crippen LogP contribution is -2.40. The highest BCUT2D eigenvalue weighted by atomic mass is 35.5. The van der Waals surface area contributed by atoms with Gasteiger partial charge in [-0.25, -0.2) is 0 Å². The molecule has 2 heterocycles. The molecule has 200 valence electrons. The van der Waals surface area contributed by atoms with Crippen molar-refractivity contribution in [2.45, 2.75) is 58.0 Å². The summed E-state index contributed by atoms with van der Waals surface area (Å²) >= 11 is 6.14. The second-order valence-corrected chi connectivity index (χ2v) is 9.93. The van der Waals surface area contributed by atoms with Gasteiger partial charge in [0.2, 0.25) is 12.7 Å². The number of rotatable bonds is 11. The molecule has 2 aromatic carbocycles. The number of unbranched alkanes of at least 4 members (excludes halogenated alkanes) is 1. The van der Waals surface area contributed by atoms with E-state index in [9.17, 15) is 19.5 Å². The predicted molar refractivity (Wildman–Crippen MR) is 144 cm³/mol. The maximum Gasteiger partial charge on any atom is 0.305 e. The van der Waals surface area contributed by atoms with Crippen molar-refractivity contribution in [1.82, 2.24) is 9.88 Å². The molecule has 38 heavy (non-hydrogen) atoms. The van der Waals surface area contributed by atoms with E-state index in [-0.39, 0.29) is 18.8 Å². The maximum atomic E-state index is 13.7. The van der Waals surface area contributed by atoms with Gasteiger partial charge in [0, 0.05) is 23.2 Å². The first-order chi connectivity index (χ1) is 18.2. The zero-order valence-electron chi connectivity index (χ0n) is 21.4. The van der Waals surface area contributed by atoms with Crippen molar-refractivity contribution in [3.05, 3.63) is 92.4 Å². The number of carboxylic acids is 1. The SMILES string of the molecule is CCCCC(C(=O)N[C@H](CC(=O)O)c1ccc2c(c1)OCO2)n1cc(C)cc(Cc2cccc(Cl)c2)c1=O. The highest BCUT2D eigenvalue weighted by Crippen LogP contribution is 2.35. The number of aliphatic carboxylic acids is 1. The summed E-state index contributed by atoms with van der Waals surface area (Å²) in [6, 6.07) is 12.6. The zero-order chi connectivity index (χ0) is 27.2. The number of carboxylic acid groups (broad SMARTS) is 1. The molecule has 1 aliphatic rings. The molecule has 0 aliphatic carbocycles. The number of carbonyl (C=O) groups is 2. The number of amides is 1. The van der Waals surface area contributed by atoms with E-state index in [2.05, 4.69) is 5.32 Å². The van der Waals surface area contributed by atoms with Crippen LogP contribution in [-0.4, -0.2) is 28.3 Å². The molecule has 4 rings (SSSR count). The van der Waals surface area contributed by atoms with Gasteiger partial charge in [-0.05, 0) is 60.4 Å². The molecule has 1 amide bonds. The summed E-state index contributed by atoms with van der Waals surface area (Å²) in [4.78, 5) is 39.0. The van der Waals surface area contributed by atoms with E-state index in [0.717, 1.165) is 24.0 Å². The van der Waals surface area contributed by atoms with Gasteiger partial charge in [0.15, 0.2) is 11.5 Å². The zero-order valence-corrected chi connectivity index (χ0v) is 22.2. The van der Waals surface area contributed by atoms with E-state index < -0.39 is 24.0 Å². The number of carbonyl (C=O) groups excluding carboxylic acids is 1. The van der Waals surface area contributed by atoms with Gasteiger partial charge in [-0.1, -0.05) is 49.6 Å². The van der Waals surface area contributed by atoms with Crippen LogP contribution in [-0.2, 0) is 16.0 Å². The molecule has 8 nitrogen and oxygen atoms in total. The van der Waals surface area contributed by atoms with Gasteiger partial charge in [-0.2, -0.15) is 0 Å². The summed E-state index contributed by atoms with van der Waals surface area (Å²) in [5, 5.41) is 13.0. The first-order valence-corrected chi connectivity index (χ1v) is 13.0. The third-order valence-corrected chi connectivity index (χ3v) is 6.74. The number of nitrogens with zero attached hydrogens (tertiary/aromatic N) is 1. The Labute approximate surface area is 226 Å². The smallest absolute Gasteiger partial charge is 0.305 e. The Morgan fingerprint density at radius 2 is 1.92 bits per heavy atom. The second-order valence-electron chi connectivity index (χ2n) is 9.49. The van der Waals surface area contributed by atoms with Crippen LogP contribution in [0.5, 0.6) is 11.5 Å². The molecule has 1 aliphatic heterocycles. The molecule has 2 atom stereocenters. The highest BCUT2D eigenvalue weighted by molar-refractivity contribution is 6.30. The molecule has 0 bridgehead atoms. The minimum atomic E-state index is -1.06. The fourth-order valence-electron chi connectivity index (χ4n) is 4.66. The number of halogens is 1. The number of ether oxygens (including phenoxy) is 2. The number of hydrogen-bond acceptors (Lipinski definition) is 5. The van der Waals surface area contributed by atoms with Crippen molar-refractivity contribution >= 4 is 23.5 Å². The third kappa shape index (κ3) is 6.55. The van der Waals surface area contributed by atoms with Crippen LogP contribution in [0.25, 0.3) is 0 Å². The first-order valence-electron chi connectivity index (χ1n) is 12.6. The Morgan fingerprint density at radius 3 is 2.66 bits per heavy atom. The standard InChI is InChI=1S/C29H31ClN2O6/c1-3-4-8-24(32-16-18(2)11-21(29(32)36)12-19-6-5-7-22(30)13-19)28(35)31-23(15-27(33)34)20-9-10-25-26(14-20)38-17-37-25/h5-7,9-11,13-14,16,23-24H,3-4,8,12,15,17H2,1-2H3,(H,31,35)(H,33,34)/t23-,24?/m1/s1. The fraction of sp³-hybridized carbons (Fsp3) is 0.345. The van der Waals surface area contributed by atoms with Crippen molar-refractivity contribution in [2.75, 3.05) is 6.79 Å². The number of aromatic nitrogens is 1. The molecule has 0 fully saturated rings. The maximum absolute atomic E-state index is 13.7. The lowest BCUT2D eigenvalue weighted by atomic mass is 10.0. The normalized spacial score (nSPS) is 13.7. The Kier molecular flexibility index (Phi) is 8.73. The summed E-state index contributed by atoms with van der Waals surface area (Å²) in [5.74, 6) is -0.415. The molecule has 2 N–H and O–H groups in total. The van der Waals surface area contributed by atoms with Gasteiger partial charge in [0.1, 0.15) is 6.04 Å². The van der Waals surface area contributed by atoms with Gasteiger partial charge >= 0.3 is 5.97 Å². The molecular formula is C29H31ClN2O6. The van der Waals surface area contributed by atoms with Crippen molar-refractivity contribution in [1.29, 1.82) is 0 Å². The molecule has 0 saturated carbocycles. The Bertz CT molecular complexity index is 1390. The van der Waals surface area contributed by atoms with Gasteiger partial charge in [-0.3, -0.25) is 14.4 Å². The lowest BCUT2D eigenvalue weighted by Gasteiger charge is -2.25. The third-order valence-electron chi connectivity index (χ3n) is 6.50. The number of pyridine rings is 1. The predicted octanol–water partition coefficient (Wildman–Crippen LogP) is 5.19. The molecule has 0 saturated heterocycles. The minimum Gasteiger partial charge on any atom is -0.481 e. The highest BCUT2D eigenvalue weighted by Gasteiger charge is 2.27. The molecule has 1 aromatic heterocycles. The lowest BCUT2D eigenvalue weighted by molar-refractivity contribution is -0.138. The summed E-state index contributed by atoms with van der Waals surface area (Å²) in [6.45, 7) is 3.98. The van der Waals surface area contributed by atoms with Crippen LogP contribution in [0.15, 0.2) is 59.5 Å². The summed E-state index contributed by atoms with van der Waals surface area (Å²) in [6.07, 6.45) is 3.73. The van der Waals surface area contributed by atoms with E-state index in [1.54, 1.807) is 30.5 Å². The Balaban J connectivity index is 1.66. The Morgan fingerprint density at radius 1 is 1.13 bits per heavy atom. The van der Waals surface area contributed by atoms with E-state index in [0.29, 0.717) is 40.5 Å². The fourth-order valence-corrected chi connectivity index (χ4v) is 4.87. The monoisotopic (exact) mass is 538 g/mol. The Hall–Kier alpha value is -3.78. The van der Waals surface area contributed by atoms with Gasteiger partial charge in [0.05, 0.1) is 12.5 Å². The summed E-state index contributed by atoms with van der Waals surface area (Å²) in [5.41, 5.74) is 2.61. The minimum absolute atomic E-state index is 0.0850. The van der Waals surface area contributed by atoms with Gasteiger partial charge < -0.3 is 24.5 Å².